The lowest BCUT2D eigenvalue weighted by Crippen LogP contribution is -2.25. The Morgan fingerprint density at radius 1 is 0.931 bits per heavy atom. The number of anilines is 3. The number of carbonyl (C=O) groups is 1. The van der Waals surface area contributed by atoms with Crippen molar-refractivity contribution in [1.82, 2.24) is 9.97 Å². The molecule has 2 aromatic heterocycles. The molecule has 5 rings (SSSR count). The summed E-state index contributed by atoms with van der Waals surface area (Å²) in [7, 11) is 0. The Morgan fingerprint density at radius 3 is 2.79 bits per heavy atom. The molecule has 1 N–H and O–H groups in total. The molecule has 4 aromatic rings. The molecule has 29 heavy (non-hydrogen) atoms. The number of benzene rings is 2. The summed E-state index contributed by atoms with van der Waals surface area (Å²) in [6, 6.07) is 21.6. The van der Waals surface area contributed by atoms with Crippen molar-refractivity contribution in [2.45, 2.75) is 12.8 Å². The highest BCUT2D eigenvalue weighted by Crippen LogP contribution is 2.32. The standard InChI is InChI=1S/C24H20N4O/c29-24(27-20-10-3-7-18-8-4-13-26-23(18)20)19-12-14-25-22(16-19)28-15-5-9-17-6-1-2-11-21(17)28/h1-4,6-8,10-14,16H,5,9,15H2,(H,27,29). The SMILES string of the molecule is O=C(Nc1cccc2cccnc12)c1ccnc(N2CCCc3ccccc32)c1. The maximum absolute atomic E-state index is 13.0. The molecule has 0 bridgehead atoms. The van der Waals surface area contributed by atoms with Crippen molar-refractivity contribution in [2.24, 2.45) is 0 Å². The third-order valence-corrected chi connectivity index (χ3v) is 5.28. The van der Waals surface area contributed by atoms with Crippen molar-refractivity contribution in [2.75, 3.05) is 16.8 Å². The Hall–Kier alpha value is -3.73. The molecule has 142 valence electrons. The number of hydrogen-bond donors (Lipinski definition) is 1. The molecule has 5 heteroatoms. The van der Waals surface area contributed by atoms with Gasteiger partial charge >= 0.3 is 0 Å². The molecule has 0 fully saturated rings. The first kappa shape index (κ1) is 17.4. The van der Waals surface area contributed by atoms with Crippen molar-refractivity contribution in [1.29, 1.82) is 0 Å². The van der Waals surface area contributed by atoms with E-state index >= 15 is 0 Å². The Labute approximate surface area is 169 Å². The quantitative estimate of drug-likeness (QED) is 0.545. The van der Waals surface area contributed by atoms with Gasteiger partial charge in [-0.3, -0.25) is 9.78 Å². The van der Waals surface area contributed by atoms with E-state index in [4.69, 9.17) is 0 Å². The second-order valence-corrected chi connectivity index (χ2v) is 7.12. The number of aromatic nitrogens is 2. The van der Waals surface area contributed by atoms with Gasteiger partial charge in [-0.15, -0.1) is 0 Å². The highest BCUT2D eigenvalue weighted by molar-refractivity contribution is 6.08. The van der Waals surface area contributed by atoms with Crippen molar-refractivity contribution in [3.05, 3.63) is 90.3 Å². The van der Waals surface area contributed by atoms with Crippen LogP contribution in [0.25, 0.3) is 10.9 Å². The van der Waals surface area contributed by atoms with Gasteiger partial charge < -0.3 is 10.2 Å². The fourth-order valence-corrected chi connectivity index (χ4v) is 3.88. The van der Waals surface area contributed by atoms with Crippen molar-refractivity contribution < 1.29 is 4.79 Å². The molecule has 0 spiro atoms. The fourth-order valence-electron chi connectivity index (χ4n) is 3.88. The fraction of sp³-hybridized carbons (Fsp3) is 0.125. The third kappa shape index (κ3) is 3.31. The molecule has 1 aliphatic heterocycles. The molecule has 1 aliphatic rings. The van der Waals surface area contributed by atoms with Gasteiger partial charge in [0.2, 0.25) is 0 Å². The summed E-state index contributed by atoms with van der Waals surface area (Å²) in [5.74, 6) is 0.623. The van der Waals surface area contributed by atoms with E-state index in [-0.39, 0.29) is 5.91 Å². The molecule has 1 amide bonds. The van der Waals surface area contributed by atoms with E-state index in [9.17, 15) is 4.79 Å². The van der Waals surface area contributed by atoms with Gasteiger partial charge in [0, 0.05) is 35.6 Å². The zero-order valence-electron chi connectivity index (χ0n) is 15.9. The molecule has 5 nitrogen and oxygen atoms in total. The first-order valence-corrected chi connectivity index (χ1v) is 9.76. The highest BCUT2D eigenvalue weighted by atomic mass is 16.1. The van der Waals surface area contributed by atoms with Crippen molar-refractivity contribution >= 4 is 34.0 Å². The summed E-state index contributed by atoms with van der Waals surface area (Å²) >= 11 is 0. The van der Waals surface area contributed by atoms with Gasteiger partial charge in [0.15, 0.2) is 0 Å². The van der Waals surface area contributed by atoms with Crippen LogP contribution in [0.15, 0.2) is 79.1 Å². The van der Waals surface area contributed by atoms with E-state index in [1.807, 2.05) is 42.5 Å². The number of aryl methyl sites for hydroxylation is 1. The molecule has 0 saturated carbocycles. The van der Waals surface area contributed by atoms with Crippen LogP contribution in [-0.4, -0.2) is 22.4 Å². The van der Waals surface area contributed by atoms with Crippen LogP contribution in [0.4, 0.5) is 17.2 Å². The first-order chi connectivity index (χ1) is 14.3. The molecule has 0 saturated heterocycles. The number of carbonyl (C=O) groups excluding carboxylic acids is 1. The van der Waals surface area contributed by atoms with E-state index < -0.39 is 0 Å². The Morgan fingerprint density at radius 2 is 1.83 bits per heavy atom. The lowest BCUT2D eigenvalue weighted by atomic mass is 10.0. The Balaban J connectivity index is 1.45. The zero-order chi connectivity index (χ0) is 19.6. The normalized spacial score (nSPS) is 13.2. The largest absolute Gasteiger partial charge is 0.326 e. The van der Waals surface area contributed by atoms with Gasteiger partial charge in [-0.25, -0.2) is 4.98 Å². The lowest BCUT2D eigenvalue weighted by Gasteiger charge is -2.30. The van der Waals surface area contributed by atoms with Crippen LogP contribution in [0.5, 0.6) is 0 Å². The first-order valence-electron chi connectivity index (χ1n) is 9.76. The molecular formula is C24H20N4O. The molecule has 2 aromatic carbocycles. The number of para-hydroxylation sites is 2. The van der Waals surface area contributed by atoms with Crippen molar-refractivity contribution in [3.63, 3.8) is 0 Å². The number of amides is 1. The lowest BCUT2D eigenvalue weighted by molar-refractivity contribution is 0.102. The third-order valence-electron chi connectivity index (χ3n) is 5.28. The van der Waals surface area contributed by atoms with Gasteiger partial charge in [0.25, 0.3) is 5.91 Å². The van der Waals surface area contributed by atoms with Crippen LogP contribution in [0, 0.1) is 0 Å². The minimum Gasteiger partial charge on any atom is -0.326 e. The van der Waals surface area contributed by atoms with Gasteiger partial charge in [0.1, 0.15) is 5.82 Å². The van der Waals surface area contributed by atoms with Gasteiger partial charge in [-0.2, -0.15) is 0 Å². The molecule has 0 atom stereocenters. The van der Waals surface area contributed by atoms with E-state index in [0.29, 0.717) is 11.3 Å². The van der Waals surface area contributed by atoms with Crippen LogP contribution in [-0.2, 0) is 6.42 Å². The topological polar surface area (TPSA) is 58.1 Å². The van der Waals surface area contributed by atoms with E-state index in [1.165, 1.54) is 11.3 Å². The number of pyridine rings is 2. The smallest absolute Gasteiger partial charge is 0.255 e. The summed E-state index contributed by atoms with van der Waals surface area (Å²) in [4.78, 5) is 24.1. The monoisotopic (exact) mass is 380 g/mol. The molecular weight excluding hydrogens is 360 g/mol. The number of fused-ring (bicyclic) bond motifs is 2. The minimum atomic E-state index is -0.169. The number of hydrogen-bond acceptors (Lipinski definition) is 4. The van der Waals surface area contributed by atoms with Gasteiger partial charge in [-0.05, 0) is 48.7 Å². The summed E-state index contributed by atoms with van der Waals surface area (Å²) in [5.41, 5.74) is 4.54. The maximum atomic E-state index is 13.0. The summed E-state index contributed by atoms with van der Waals surface area (Å²) in [5, 5.41) is 3.99. The van der Waals surface area contributed by atoms with E-state index in [0.717, 1.165) is 36.1 Å². The van der Waals surface area contributed by atoms with Crippen LogP contribution >= 0.6 is 0 Å². The predicted molar refractivity (Wildman–Crippen MR) is 116 cm³/mol. The molecule has 3 heterocycles. The maximum Gasteiger partial charge on any atom is 0.255 e. The number of nitrogens with zero attached hydrogens (tertiary/aromatic N) is 3. The van der Waals surface area contributed by atoms with Crippen LogP contribution < -0.4 is 10.2 Å². The van der Waals surface area contributed by atoms with E-state index in [2.05, 4.69) is 38.4 Å². The summed E-state index contributed by atoms with van der Waals surface area (Å²) in [6.45, 7) is 0.891. The minimum absolute atomic E-state index is 0.169. The average molecular weight is 380 g/mol. The summed E-state index contributed by atoms with van der Waals surface area (Å²) < 4.78 is 0. The van der Waals surface area contributed by atoms with Crippen LogP contribution in [0.1, 0.15) is 22.3 Å². The van der Waals surface area contributed by atoms with Crippen LogP contribution in [0.2, 0.25) is 0 Å². The van der Waals surface area contributed by atoms with Crippen molar-refractivity contribution in [3.8, 4) is 0 Å². The van der Waals surface area contributed by atoms with E-state index in [1.54, 1.807) is 18.5 Å². The second kappa shape index (κ2) is 7.36. The van der Waals surface area contributed by atoms with Gasteiger partial charge in [-0.1, -0.05) is 36.4 Å². The zero-order valence-corrected chi connectivity index (χ0v) is 15.9. The highest BCUT2D eigenvalue weighted by Gasteiger charge is 2.20. The number of rotatable bonds is 3. The Kier molecular flexibility index (Phi) is 4.41. The average Bonchev–Trinajstić information content (AvgIpc) is 2.79. The summed E-state index contributed by atoms with van der Waals surface area (Å²) in [6.07, 6.45) is 5.57. The molecule has 0 aliphatic carbocycles. The molecule has 0 radical (unpaired) electrons. The van der Waals surface area contributed by atoms with Gasteiger partial charge in [0.05, 0.1) is 11.2 Å². The number of nitrogens with one attached hydrogen (secondary N) is 1. The second-order valence-electron chi connectivity index (χ2n) is 7.12. The predicted octanol–water partition coefficient (Wildman–Crippen LogP) is 4.97. The Bertz CT molecular complexity index is 1200. The molecule has 0 unspecified atom stereocenters. The van der Waals surface area contributed by atoms with Crippen LogP contribution in [0.3, 0.4) is 0 Å².